The lowest BCUT2D eigenvalue weighted by atomic mass is 9.98. The molecule has 0 aliphatic carbocycles. The number of fused-ring (bicyclic) bond motifs is 1. The van der Waals surface area contributed by atoms with Gasteiger partial charge in [0.15, 0.2) is 0 Å². The molecule has 2 aromatic rings. The van der Waals surface area contributed by atoms with Crippen molar-refractivity contribution in [3.63, 3.8) is 0 Å². The number of hydrogen-bond donors (Lipinski definition) is 1. The van der Waals surface area contributed by atoms with Crippen molar-refractivity contribution < 1.29 is 18.7 Å². The summed E-state index contributed by atoms with van der Waals surface area (Å²) in [6, 6.07) is 12.0. The molecule has 0 saturated heterocycles. The van der Waals surface area contributed by atoms with Crippen LogP contribution in [0.1, 0.15) is 24.0 Å². The highest BCUT2D eigenvalue weighted by molar-refractivity contribution is 5.80. The van der Waals surface area contributed by atoms with E-state index >= 15 is 0 Å². The van der Waals surface area contributed by atoms with Crippen molar-refractivity contribution in [3.8, 4) is 11.5 Å². The van der Waals surface area contributed by atoms with Crippen molar-refractivity contribution >= 4 is 11.5 Å². The lowest BCUT2D eigenvalue weighted by Crippen LogP contribution is -2.17. The SMILES string of the molecule is CNC(=O)CCC1=CCOc2cc(OCc3cccc(F)c3)ccc21. The van der Waals surface area contributed by atoms with Gasteiger partial charge in [0.05, 0.1) is 0 Å². The number of hydrogen-bond acceptors (Lipinski definition) is 3. The standard InChI is InChI=1S/C20H20FNO3/c1-22-20(23)8-5-15-9-10-24-19-12-17(6-7-18(15)19)25-13-14-3-2-4-16(21)11-14/h2-4,6-7,9,11-12H,5,8,10,13H2,1H3,(H,22,23). The van der Waals surface area contributed by atoms with Gasteiger partial charge in [-0.05, 0) is 47.9 Å². The van der Waals surface area contributed by atoms with Crippen molar-refractivity contribution in [2.24, 2.45) is 0 Å². The van der Waals surface area contributed by atoms with Gasteiger partial charge in [0.2, 0.25) is 5.91 Å². The third-order valence-corrected chi connectivity index (χ3v) is 4.06. The molecule has 1 aliphatic heterocycles. The van der Waals surface area contributed by atoms with Gasteiger partial charge in [-0.25, -0.2) is 4.39 Å². The first-order valence-electron chi connectivity index (χ1n) is 8.20. The molecule has 130 valence electrons. The topological polar surface area (TPSA) is 47.6 Å². The Morgan fingerprint density at radius 1 is 1.28 bits per heavy atom. The Balaban J connectivity index is 1.67. The number of nitrogens with one attached hydrogen (secondary N) is 1. The fourth-order valence-electron chi connectivity index (χ4n) is 2.72. The van der Waals surface area contributed by atoms with Crippen LogP contribution in [0.25, 0.3) is 5.57 Å². The van der Waals surface area contributed by atoms with Crippen LogP contribution in [-0.2, 0) is 11.4 Å². The van der Waals surface area contributed by atoms with E-state index in [1.54, 1.807) is 13.1 Å². The number of rotatable bonds is 6. The molecule has 1 amide bonds. The zero-order valence-electron chi connectivity index (χ0n) is 14.0. The quantitative estimate of drug-likeness (QED) is 0.871. The van der Waals surface area contributed by atoms with Gasteiger partial charge >= 0.3 is 0 Å². The van der Waals surface area contributed by atoms with Crippen LogP contribution >= 0.6 is 0 Å². The zero-order chi connectivity index (χ0) is 17.6. The molecule has 0 bridgehead atoms. The first kappa shape index (κ1) is 17.0. The van der Waals surface area contributed by atoms with E-state index in [0.717, 1.165) is 22.4 Å². The molecule has 1 aliphatic rings. The third-order valence-electron chi connectivity index (χ3n) is 4.06. The van der Waals surface area contributed by atoms with Crippen LogP contribution in [0.15, 0.2) is 48.5 Å². The monoisotopic (exact) mass is 341 g/mol. The molecule has 0 unspecified atom stereocenters. The van der Waals surface area contributed by atoms with E-state index in [1.165, 1.54) is 12.1 Å². The molecule has 1 heterocycles. The van der Waals surface area contributed by atoms with E-state index in [9.17, 15) is 9.18 Å². The fraction of sp³-hybridized carbons (Fsp3) is 0.250. The van der Waals surface area contributed by atoms with Gasteiger partial charge in [0.25, 0.3) is 0 Å². The van der Waals surface area contributed by atoms with Gasteiger partial charge < -0.3 is 14.8 Å². The van der Waals surface area contributed by atoms with Crippen LogP contribution in [0.2, 0.25) is 0 Å². The minimum Gasteiger partial charge on any atom is -0.489 e. The van der Waals surface area contributed by atoms with Crippen molar-refractivity contribution in [1.82, 2.24) is 5.32 Å². The van der Waals surface area contributed by atoms with E-state index < -0.39 is 0 Å². The second-order valence-corrected chi connectivity index (χ2v) is 5.79. The molecular formula is C20H20FNO3. The maximum Gasteiger partial charge on any atom is 0.220 e. The number of ether oxygens (including phenoxy) is 2. The summed E-state index contributed by atoms with van der Waals surface area (Å²) in [5, 5.41) is 2.63. The van der Waals surface area contributed by atoms with Gasteiger partial charge in [0.1, 0.15) is 30.5 Å². The minimum atomic E-state index is -0.277. The Morgan fingerprint density at radius 2 is 2.16 bits per heavy atom. The van der Waals surface area contributed by atoms with Crippen LogP contribution in [0.4, 0.5) is 4.39 Å². The van der Waals surface area contributed by atoms with Gasteiger partial charge in [0, 0.05) is 25.1 Å². The summed E-state index contributed by atoms with van der Waals surface area (Å²) < 4.78 is 24.6. The predicted molar refractivity (Wildman–Crippen MR) is 93.9 cm³/mol. The Morgan fingerprint density at radius 3 is 2.96 bits per heavy atom. The summed E-state index contributed by atoms with van der Waals surface area (Å²) in [4.78, 5) is 11.4. The fourth-order valence-corrected chi connectivity index (χ4v) is 2.72. The minimum absolute atomic E-state index is 0.0176. The van der Waals surface area contributed by atoms with Crippen LogP contribution in [0.5, 0.6) is 11.5 Å². The molecule has 0 spiro atoms. The van der Waals surface area contributed by atoms with Gasteiger partial charge in [-0.1, -0.05) is 12.1 Å². The van der Waals surface area contributed by atoms with Crippen LogP contribution in [-0.4, -0.2) is 19.6 Å². The van der Waals surface area contributed by atoms with Crippen molar-refractivity contribution in [2.45, 2.75) is 19.4 Å². The molecule has 0 saturated carbocycles. The normalized spacial score (nSPS) is 12.6. The molecule has 0 radical (unpaired) electrons. The number of halogens is 1. The van der Waals surface area contributed by atoms with Crippen molar-refractivity contribution in [3.05, 3.63) is 65.5 Å². The summed E-state index contributed by atoms with van der Waals surface area (Å²) in [5.41, 5.74) is 2.85. The first-order chi connectivity index (χ1) is 12.2. The second kappa shape index (κ2) is 7.83. The van der Waals surface area contributed by atoms with Crippen LogP contribution in [0.3, 0.4) is 0 Å². The summed E-state index contributed by atoms with van der Waals surface area (Å²) in [5.74, 6) is 1.14. The molecule has 0 aromatic heterocycles. The van der Waals surface area contributed by atoms with Crippen LogP contribution < -0.4 is 14.8 Å². The van der Waals surface area contributed by atoms with Gasteiger partial charge in [-0.15, -0.1) is 0 Å². The summed E-state index contributed by atoms with van der Waals surface area (Å²) in [7, 11) is 1.64. The zero-order valence-corrected chi connectivity index (χ0v) is 14.0. The Labute approximate surface area is 146 Å². The average Bonchev–Trinajstić information content (AvgIpc) is 2.64. The molecule has 0 atom stereocenters. The van der Waals surface area contributed by atoms with E-state index in [2.05, 4.69) is 5.32 Å². The molecule has 3 rings (SSSR count). The Kier molecular flexibility index (Phi) is 5.33. The number of carbonyl (C=O) groups is 1. The third kappa shape index (κ3) is 4.38. The highest BCUT2D eigenvalue weighted by atomic mass is 19.1. The maximum atomic E-state index is 13.2. The van der Waals surface area contributed by atoms with Gasteiger partial charge in [-0.2, -0.15) is 0 Å². The van der Waals surface area contributed by atoms with E-state index in [4.69, 9.17) is 9.47 Å². The van der Waals surface area contributed by atoms with Crippen molar-refractivity contribution in [2.75, 3.05) is 13.7 Å². The molecule has 1 N–H and O–H groups in total. The molecule has 25 heavy (non-hydrogen) atoms. The highest BCUT2D eigenvalue weighted by Gasteiger charge is 2.15. The largest absolute Gasteiger partial charge is 0.489 e. The molecule has 2 aromatic carbocycles. The Bertz CT molecular complexity index is 801. The van der Waals surface area contributed by atoms with Crippen molar-refractivity contribution in [1.29, 1.82) is 0 Å². The van der Waals surface area contributed by atoms with E-state index in [1.807, 2.05) is 30.3 Å². The number of allylic oxidation sites excluding steroid dienone is 1. The molecular weight excluding hydrogens is 321 g/mol. The number of carbonyl (C=O) groups excluding carboxylic acids is 1. The van der Waals surface area contributed by atoms with E-state index in [0.29, 0.717) is 25.2 Å². The molecule has 5 heteroatoms. The molecule has 0 fully saturated rings. The summed E-state index contributed by atoms with van der Waals surface area (Å²) in [6.45, 7) is 0.763. The number of amides is 1. The molecule has 4 nitrogen and oxygen atoms in total. The average molecular weight is 341 g/mol. The van der Waals surface area contributed by atoms with Gasteiger partial charge in [-0.3, -0.25) is 4.79 Å². The predicted octanol–water partition coefficient (Wildman–Crippen LogP) is 3.71. The Hall–Kier alpha value is -2.82. The maximum absolute atomic E-state index is 13.2. The lowest BCUT2D eigenvalue weighted by molar-refractivity contribution is -0.120. The highest BCUT2D eigenvalue weighted by Crippen LogP contribution is 2.35. The van der Waals surface area contributed by atoms with Crippen LogP contribution in [0, 0.1) is 5.82 Å². The summed E-state index contributed by atoms with van der Waals surface area (Å²) in [6.07, 6.45) is 3.11. The lowest BCUT2D eigenvalue weighted by Gasteiger charge is -2.19. The smallest absolute Gasteiger partial charge is 0.220 e. The summed E-state index contributed by atoms with van der Waals surface area (Å²) >= 11 is 0. The second-order valence-electron chi connectivity index (χ2n) is 5.79. The van der Waals surface area contributed by atoms with E-state index in [-0.39, 0.29) is 18.3 Å². The first-order valence-corrected chi connectivity index (χ1v) is 8.20. The number of benzene rings is 2.